The van der Waals surface area contributed by atoms with Gasteiger partial charge in [-0.25, -0.2) is 4.68 Å². The first-order valence-corrected chi connectivity index (χ1v) is 8.63. The molecule has 0 fully saturated rings. The highest BCUT2D eigenvalue weighted by atomic mass is 16.5. The van der Waals surface area contributed by atoms with Crippen molar-refractivity contribution in [1.82, 2.24) is 20.3 Å². The van der Waals surface area contributed by atoms with Gasteiger partial charge in [0.05, 0.1) is 25.4 Å². The zero-order valence-corrected chi connectivity index (χ0v) is 14.9. The number of ether oxygens (including phenoxy) is 1. The molecule has 1 aromatic heterocycles. The Hall–Kier alpha value is -3.15. The predicted octanol–water partition coefficient (Wildman–Crippen LogP) is 3.22. The maximum atomic E-state index is 12.4. The molecule has 6 heteroatoms. The minimum Gasteiger partial charge on any atom is -0.494 e. The van der Waals surface area contributed by atoms with Crippen molar-refractivity contribution in [1.29, 1.82) is 0 Å². The van der Waals surface area contributed by atoms with Gasteiger partial charge in [0, 0.05) is 0 Å². The van der Waals surface area contributed by atoms with Crippen LogP contribution in [0.5, 0.6) is 5.75 Å². The number of hydrogen-bond donors (Lipinski definition) is 1. The Labute approximate surface area is 152 Å². The Morgan fingerprint density at radius 2 is 1.88 bits per heavy atom. The van der Waals surface area contributed by atoms with Gasteiger partial charge in [-0.15, -0.1) is 5.10 Å². The highest BCUT2D eigenvalue weighted by Crippen LogP contribution is 2.18. The maximum Gasteiger partial charge on any atom is 0.273 e. The van der Waals surface area contributed by atoms with E-state index in [0.29, 0.717) is 18.8 Å². The maximum absolute atomic E-state index is 12.4. The lowest BCUT2D eigenvalue weighted by atomic mass is 10.1. The second kappa shape index (κ2) is 8.29. The molecule has 0 spiro atoms. The Morgan fingerprint density at radius 3 is 2.58 bits per heavy atom. The van der Waals surface area contributed by atoms with Gasteiger partial charge >= 0.3 is 0 Å². The van der Waals surface area contributed by atoms with E-state index < -0.39 is 0 Å². The third-order valence-corrected chi connectivity index (χ3v) is 4.00. The number of amides is 1. The Morgan fingerprint density at radius 1 is 1.15 bits per heavy atom. The normalized spacial score (nSPS) is 11.8. The molecule has 0 bridgehead atoms. The summed E-state index contributed by atoms with van der Waals surface area (Å²) in [7, 11) is 0. The first-order chi connectivity index (χ1) is 12.7. The summed E-state index contributed by atoms with van der Waals surface area (Å²) < 4.78 is 7.09. The van der Waals surface area contributed by atoms with Crippen molar-refractivity contribution in [2.45, 2.75) is 26.4 Å². The van der Waals surface area contributed by atoms with Crippen LogP contribution in [0.15, 0.2) is 60.8 Å². The minimum atomic E-state index is -0.245. The fourth-order valence-corrected chi connectivity index (χ4v) is 2.62. The van der Waals surface area contributed by atoms with Crippen molar-refractivity contribution in [2.24, 2.45) is 0 Å². The molecule has 26 heavy (non-hydrogen) atoms. The highest BCUT2D eigenvalue weighted by molar-refractivity contribution is 5.92. The van der Waals surface area contributed by atoms with Crippen molar-refractivity contribution in [3.05, 3.63) is 77.6 Å². The van der Waals surface area contributed by atoms with Crippen LogP contribution in [0.2, 0.25) is 0 Å². The van der Waals surface area contributed by atoms with Crippen LogP contribution in [0, 0.1) is 0 Å². The predicted molar refractivity (Wildman–Crippen MR) is 99.1 cm³/mol. The van der Waals surface area contributed by atoms with Crippen LogP contribution in [0.25, 0.3) is 0 Å². The van der Waals surface area contributed by atoms with Gasteiger partial charge in [-0.3, -0.25) is 4.79 Å². The zero-order chi connectivity index (χ0) is 18.4. The van der Waals surface area contributed by atoms with E-state index in [-0.39, 0.29) is 11.9 Å². The van der Waals surface area contributed by atoms with E-state index in [9.17, 15) is 4.79 Å². The van der Waals surface area contributed by atoms with Crippen LogP contribution in [0.3, 0.4) is 0 Å². The molecule has 0 unspecified atom stereocenters. The summed E-state index contributed by atoms with van der Waals surface area (Å²) in [6.07, 6.45) is 1.66. The number of nitrogens with zero attached hydrogens (tertiary/aromatic N) is 3. The molecule has 1 heterocycles. The summed E-state index contributed by atoms with van der Waals surface area (Å²) in [6.45, 7) is 5.09. The van der Waals surface area contributed by atoms with Crippen LogP contribution in [0.4, 0.5) is 0 Å². The van der Waals surface area contributed by atoms with Crippen molar-refractivity contribution < 1.29 is 9.53 Å². The monoisotopic (exact) mass is 350 g/mol. The van der Waals surface area contributed by atoms with Gasteiger partial charge in [0.2, 0.25) is 0 Å². The van der Waals surface area contributed by atoms with Gasteiger partial charge in [0.1, 0.15) is 5.75 Å². The number of nitrogens with one attached hydrogen (secondary N) is 1. The van der Waals surface area contributed by atoms with E-state index in [1.807, 2.05) is 68.4 Å². The molecule has 0 aliphatic heterocycles. The van der Waals surface area contributed by atoms with E-state index in [4.69, 9.17) is 4.74 Å². The molecule has 1 amide bonds. The molecule has 0 saturated heterocycles. The summed E-state index contributed by atoms with van der Waals surface area (Å²) in [5.41, 5.74) is 2.41. The topological polar surface area (TPSA) is 69.0 Å². The summed E-state index contributed by atoms with van der Waals surface area (Å²) in [5, 5.41) is 11.0. The molecule has 0 radical (unpaired) electrons. The third kappa shape index (κ3) is 4.47. The molecule has 0 aliphatic carbocycles. The lowest BCUT2D eigenvalue weighted by Gasteiger charge is -2.14. The van der Waals surface area contributed by atoms with Crippen LogP contribution in [-0.2, 0) is 6.54 Å². The first kappa shape index (κ1) is 17.7. The average molecular weight is 350 g/mol. The van der Waals surface area contributed by atoms with Crippen molar-refractivity contribution >= 4 is 5.91 Å². The smallest absolute Gasteiger partial charge is 0.273 e. The molecule has 134 valence electrons. The molecule has 6 nitrogen and oxygen atoms in total. The van der Waals surface area contributed by atoms with Gasteiger partial charge in [-0.1, -0.05) is 47.7 Å². The fourth-order valence-electron chi connectivity index (χ4n) is 2.62. The quantitative estimate of drug-likeness (QED) is 0.710. The summed E-state index contributed by atoms with van der Waals surface area (Å²) >= 11 is 0. The Balaban J connectivity index is 1.60. The first-order valence-electron chi connectivity index (χ1n) is 8.63. The second-order valence-electron chi connectivity index (χ2n) is 5.98. The molecule has 2 aromatic carbocycles. The minimum absolute atomic E-state index is 0.141. The second-order valence-corrected chi connectivity index (χ2v) is 5.98. The highest BCUT2D eigenvalue weighted by Gasteiger charge is 2.15. The molecule has 3 rings (SSSR count). The number of aromatic nitrogens is 3. The van der Waals surface area contributed by atoms with Gasteiger partial charge in [-0.05, 0) is 37.1 Å². The molecule has 1 N–H and O–H groups in total. The Bertz CT molecular complexity index is 844. The number of rotatable bonds is 7. The molecule has 3 aromatic rings. The number of carbonyl (C=O) groups is 1. The van der Waals surface area contributed by atoms with Crippen molar-refractivity contribution in [3.63, 3.8) is 0 Å². The van der Waals surface area contributed by atoms with Gasteiger partial charge in [-0.2, -0.15) is 0 Å². The zero-order valence-electron chi connectivity index (χ0n) is 14.9. The van der Waals surface area contributed by atoms with E-state index in [2.05, 4.69) is 15.6 Å². The van der Waals surface area contributed by atoms with E-state index >= 15 is 0 Å². The largest absolute Gasteiger partial charge is 0.494 e. The van der Waals surface area contributed by atoms with Gasteiger partial charge in [0.15, 0.2) is 5.69 Å². The lowest BCUT2D eigenvalue weighted by molar-refractivity contribution is 0.0934. The van der Waals surface area contributed by atoms with Crippen molar-refractivity contribution in [2.75, 3.05) is 6.61 Å². The number of benzene rings is 2. The fraction of sp³-hybridized carbons (Fsp3) is 0.250. The van der Waals surface area contributed by atoms with Crippen molar-refractivity contribution in [3.8, 4) is 5.75 Å². The van der Waals surface area contributed by atoms with Crippen LogP contribution >= 0.6 is 0 Å². The molecule has 0 aliphatic rings. The average Bonchev–Trinajstić information content (AvgIpc) is 3.12. The van der Waals surface area contributed by atoms with Crippen LogP contribution in [-0.4, -0.2) is 27.5 Å². The van der Waals surface area contributed by atoms with Crippen LogP contribution < -0.4 is 10.1 Å². The van der Waals surface area contributed by atoms with E-state index in [1.54, 1.807) is 10.9 Å². The van der Waals surface area contributed by atoms with Crippen LogP contribution in [0.1, 0.15) is 41.5 Å². The SMILES string of the molecule is CCOc1ccc([C@H](C)NC(=O)c2cn(Cc3ccccc3)nn2)cc1. The third-order valence-electron chi connectivity index (χ3n) is 4.00. The summed E-state index contributed by atoms with van der Waals surface area (Å²) in [4.78, 5) is 12.4. The molecule has 1 atom stereocenters. The summed E-state index contributed by atoms with van der Waals surface area (Å²) in [5.74, 6) is 0.573. The molecule has 0 saturated carbocycles. The van der Waals surface area contributed by atoms with E-state index in [1.165, 1.54) is 0 Å². The number of carbonyl (C=O) groups excluding carboxylic acids is 1. The lowest BCUT2D eigenvalue weighted by Crippen LogP contribution is -2.27. The van der Waals surface area contributed by atoms with Gasteiger partial charge in [0.25, 0.3) is 5.91 Å². The van der Waals surface area contributed by atoms with Gasteiger partial charge < -0.3 is 10.1 Å². The van der Waals surface area contributed by atoms with E-state index in [0.717, 1.165) is 16.9 Å². The molecular weight excluding hydrogens is 328 g/mol. The molecular formula is C20H22N4O2. The Kier molecular flexibility index (Phi) is 5.63. The number of hydrogen-bond acceptors (Lipinski definition) is 4. The summed E-state index contributed by atoms with van der Waals surface area (Å²) in [6, 6.07) is 17.5. The standard InChI is InChI=1S/C20H22N4O2/c1-3-26-18-11-9-17(10-12-18)15(2)21-20(25)19-14-24(23-22-19)13-16-7-5-4-6-8-16/h4-12,14-15H,3,13H2,1-2H3,(H,21,25)/t15-/m0/s1.